The molecule has 2 aromatic rings. The number of ether oxygens (including phenoxy) is 1. The second kappa shape index (κ2) is 5.55. The standard InChI is InChI=1S/C16H16ClNO2/c1-9-7-13(17)10(2)6-12(9)16(19)11-4-5-15(20-3)14(18)8-11/h4-8H,18H2,1-3H3. The van der Waals surface area contributed by atoms with Gasteiger partial charge in [-0.1, -0.05) is 11.6 Å². The van der Waals surface area contributed by atoms with Crippen molar-refractivity contribution in [2.75, 3.05) is 12.8 Å². The summed E-state index contributed by atoms with van der Waals surface area (Å²) >= 11 is 6.05. The molecule has 2 N–H and O–H groups in total. The number of hydrogen-bond acceptors (Lipinski definition) is 3. The van der Waals surface area contributed by atoms with Gasteiger partial charge in [0.25, 0.3) is 0 Å². The van der Waals surface area contributed by atoms with Crippen LogP contribution in [0.4, 0.5) is 5.69 Å². The maximum absolute atomic E-state index is 12.5. The molecule has 20 heavy (non-hydrogen) atoms. The largest absolute Gasteiger partial charge is 0.495 e. The van der Waals surface area contributed by atoms with Gasteiger partial charge in [-0.2, -0.15) is 0 Å². The Morgan fingerprint density at radius 2 is 1.85 bits per heavy atom. The van der Waals surface area contributed by atoms with Crippen molar-refractivity contribution in [3.05, 3.63) is 57.6 Å². The molecule has 0 aromatic heterocycles. The molecule has 0 unspecified atom stereocenters. The molecule has 104 valence electrons. The Balaban J connectivity index is 2.46. The van der Waals surface area contributed by atoms with E-state index >= 15 is 0 Å². The van der Waals surface area contributed by atoms with E-state index < -0.39 is 0 Å². The molecule has 4 heteroatoms. The van der Waals surface area contributed by atoms with Crippen LogP contribution in [-0.4, -0.2) is 12.9 Å². The highest BCUT2D eigenvalue weighted by Gasteiger charge is 2.14. The van der Waals surface area contributed by atoms with E-state index in [0.717, 1.165) is 11.1 Å². The highest BCUT2D eigenvalue weighted by Crippen LogP contribution is 2.26. The Hall–Kier alpha value is -2.00. The zero-order chi connectivity index (χ0) is 14.9. The Morgan fingerprint density at radius 1 is 1.15 bits per heavy atom. The van der Waals surface area contributed by atoms with Gasteiger partial charge in [0.05, 0.1) is 12.8 Å². The second-order valence-electron chi connectivity index (χ2n) is 4.70. The van der Waals surface area contributed by atoms with Crippen molar-refractivity contribution in [3.63, 3.8) is 0 Å². The molecule has 0 saturated heterocycles. The van der Waals surface area contributed by atoms with Gasteiger partial charge >= 0.3 is 0 Å². The zero-order valence-corrected chi connectivity index (χ0v) is 12.4. The highest BCUT2D eigenvalue weighted by molar-refractivity contribution is 6.31. The fraction of sp³-hybridized carbons (Fsp3) is 0.188. The lowest BCUT2D eigenvalue weighted by atomic mass is 9.97. The summed E-state index contributed by atoms with van der Waals surface area (Å²) in [7, 11) is 1.54. The third kappa shape index (κ3) is 2.63. The first kappa shape index (κ1) is 14.4. The number of benzene rings is 2. The first-order chi connectivity index (χ1) is 9.43. The molecule has 2 aromatic carbocycles. The SMILES string of the molecule is COc1ccc(C(=O)c2cc(C)c(Cl)cc2C)cc1N. The van der Waals surface area contributed by atoms with Crippen molar-refractivity contribution in [1.29, 1.82) is 0 Å². The lowest BCUT2D eigenvalue weighted by Gasteiger charge is -2.10. The van der Waals surface area contributed by atoms with Crippen molar-refractivity contribution < 1.29 is 9.53 Å². The van der Waals surface area contributed by atoms with Crippen molar-refractivity contribution in [3.8, 4) is 5.75 Å². The number of methoxy groups -OCH3 is 1. The first-order valence-corrected chi connectivity index (χ1v) is 6.56. The van der Waals surface area contributed by atoms with Gasteiger partial charge < -0.3 is 10.5 Å². The van der Waals surface area contributed by atoms with Gasteiger partial charge in [-0.3, -0.25) is 4.79 Å². The van der Waals surface area contributed by atoms with Crippen LogP contribution in [-0.2, 0) is 0 Å². The van der Waals surface area contributed by atoms with Gasteiger partial charge in [0.15, 0.2) is 5.78 Å². The molecule has 0 aliphatic rings. The Morgan fingerprint density at radius 3 is 2.45 bits per heavy atom. The van der Waals surface area contributed by atoms with Gasteiger partial charge in [-0.15, -0.1) is 0 Å². The molecule has 0 amide bonds. The molecule has 0 saturated carbocycles. The Bertz CT molecular complexity index is 680. The van der Waals surface area contributed by atoms with Gasteiger partial charge in [-0.05, 0) is 55.3 Å². The second-order valence-corrected chi connectivity index (χ2v) is 5.11. The molecule has 0 radical (unpaired) electrons. The molecule has 2 rings (SSSR count). The predicted molar refractivity (Wildman–Crippen MR) is 81.8 cm³/mol. The lowest BCUT2D eigenvalue weighted by molar-refractivity contribution is 0.103. The number of carbonyl (C=O) groups is 1. The molecule has 0 fully saturated rings. The monoisotopic (exact) mass is 289 g/mol. The summed E-state index contributed by atoms with van der Waals surface area (Å²) in [6.07, 6.45) is 0. The van der Waals surface area contributed by atoms with Crippen molar-refractivity contribution in [2.24, 2.45) is 0 Å². The summed E-state index contributed by atoms with van der Waals surface area (Å²) < 4.78 is 5.09. The minimum absolute atomic E-state index is 0.0726. The maximum atomic E-state index is 12.5. The molecule has 0 aliphatic carbocycles. The van der Waals surface area contributed by atoms with Crippen molar-refractivity contribution in [1.82, 2.24) is 0 Å². The molecule has 0 heterocycles. The highest BCUT2D eigenvalue weighted by atomic mass is 35.5. The summed E-state index contributed by atoms with van der Waals surface area (Å²) in [6, 6.07) is 8.64. The summed E-state index contributed by atoms with van der Waals surface area (Å²) in [5.41, 5.74) is 9.18. The van der Waals surface area contributed by atoms with E-state index in [0.29, 0.717) is 27.6 Å². The Kier molecular flexibility index (Phi) is 4.00. The number of rotatable bonds is 3. The number of ketones is 1. The van der Waals surface area contributed by atoms with Gasteiger partial charge in [0.1, 0.15) is 5.75 Å². The van der Waals surface area contributed by atoms with Crippen LogP contribution in [0.2, 0.25) is 5.02 Å². The fourth-order valence-corrected chi connectivity index (χ4v) is 2.27. The summed E-state index contributed by atoms with van der Waals surface area (Å²) in [6.45, 7) is 3.74. The van der Waals surface area contributed by atoms with E-state index in [4.69, 9.17) is 22.1 Å². The van der Waals surface area contributed by atoms with Crippen LogP contribution in [0.15, 0.2) is 30.3 Å². The minimum Gasteiger partial charge on any atom is -0.495 e. The number of halogens is 1. The van der Waals surface area contributed by atoms with Crippen LogP contribution in [0.5, 0.6) is 5.75 Å². The molecular formula is C16H16ClNO2. The third-order valence-corrected chi connectivity index (χ3v) is 3.65. The number of hydrogen-bond donors (Lipinski definition) is 1. The number of nitrogen functional groups attached to an aromatic ring is 1. The predicted octanol–water partition coefficient (Wildman–Crippen LogP) is 3.78. The average molecular weight is 290 g/mol. The molecule has 3 nitrogen and oxygen atoms in total. The van der Waals surface area contributed by atoms with E-state index in [2.05, 4.69) is 0 Å². The van der Waals surface area contributed by atoms with Crippen LogP contribution in [0.1, 0.15) is 27.0 Å². The van der Waals surface area contributed by atoms with Gasteiger partial charge in [-0.25, -0.2) is 0 Å². The topological polar surface area (TPSA) is 52.3 Å². The molecule has 0 bridgehead atoms. The van der Waals surface area contributed by atoms with Gasteiger partial charge in [0, 0.05) is 16.1 Å². The lowest BCUT2D eigenvalue weighted by Crippen LogP contribution is -2.05. The van der Waals surface area contributed by atoms with E-state index in [-0.39, 0.29) is 5.78 Å². The number of nitrogens with two attached hydrogens (primary N) is 1. The number of carbonyl (C=O) groups excluding carboxylic acids is 1. The minimum atomic E-state index is -0.0726. The zero-order valence-electron chi connectivity index (χ0n) is 11.7. The average Bonchev–Trinajstić information content (AvgIpc) is 2.42. The van der Waals surface area contributed by atoms with Crippen molar-refractivity contribution in [2.45, 2.75) is 13.8 Å². The molecular weight excluding hydrogens is 274 g/mol. The van der Waals surface area contributed by atoms with Gasteiger partial charge in [0.2, 0.25) is 0 Å². The van der Waals surface area contributed by atoms with Crippen LogP contribution in [0.3, 0.4) is 0 Å². The van der Waals surface area contributed by atoms with E-state index in [9.17, 15) is 4.79 Å². The molecule has 0 spiro atoms. The quantitative estimate of drug-likeness (QED) is 0.691. The maximum Gasteiger partial charge on any atom is 0.193 e. The molecule has 0 aliphatic heterocycles. The summed E-state index contributed by atoms with van der Waals surface area (Å²) in [5.74, 6) is 0.488. The normalized spacial score (nSPS) is 10.4. The van der Waals surface area contributed by atoms with Crippen LogP contribution in [0, 0.1) is 13.8 Å². The van der Waals surface area contributed by atoms with E-state index in [1.807, 2.05) is 13.8 Å². The number of aryl methyl sites for hydroxylation is 2. The van der Waals surface area contributed by atoms with Crippen LogP contribution < -0.4 is 10.5 Å². The third-order valence-electron chi connectivity index (χ3n) is 3.24. The summed E-state index contributed by atoms with van der Waals surface area (Å²) in [4.78, 5) is 12.5. The smallest absolute Gasteiger partial charge is 0.193 e. The van der Waals surface area contributed by atoms with E-state index in [1.165, 1.54) is 0 Å². The summed E-state index contributed by atoms with van der Waals surface area (Å²) in [5, 5.41) is 0.660. The van der Waals surface area contributed by atoms with Crippen LogP contribution >= 0.6 is 11.6 Å². The van der Waals surface area contributed by atoms with Crippen LogP contribution in [0.25, 0.3) is 0 Å². The number of anilines is 1. The fourth-order valence-electron chi connectivity index (χ4n) is 2.06. The first-order valence-electron chi connectivity index (χ1n) is 6.19. The van der Waals surface area contributed by atoms with Crippen molar-refractivity contribution >= 4 is 23.1 Å². The van der Waals surface area contributed by atoms with E-state index in [1.54, 1.807) is 37.4 Å². The Labute approximate surface area is 123 Å². The molecule has 0 atom stereocenters.